The molecule has 160 valence electrons. The molecule has 0 spiro atoms. The zero-order valence-corrected chi connectivity index (χ0v) is 19.2. The number of methoxy groups -OCH3 is 1. The van der Waals surface area contributed by atoms with E-state index in [2.05, 4.69) is 10.5 Å². The third-order valence-electron chi connectivity index (χ3n) is 4.14. The molecule has 0 unspecified atom stereocenters. The first-order valence-electron chi connectivity index (χ1n) is 8.90. The Bertz CT molecular complexity index is 1140. The topological polar surface area (TPSA) is 59.9 Å². The van der Waals surface area contributed by atoms with Gasteiger partial charge in [0.2, 0.25) is 0 Å². The molecule has 5 nitrogen and oxygen atoms in total. The molecule has 1 N–H and O–H groups in total. The lowest BCUT2D eigenvalue weighted by Gasteiger charge is -2.12. The Kier molecular flexibility index (Phi) is 8.04. The number of hydrazone groups is 1. The van der Waals surface area contributed by atoms with Crippen molar-refractivity contribution in [3.05, 3.63) is 91.4 Å². The van der Waals surface area contributed by atoms with E-state index >= 15 is 0 Å². The van der Waals surface area contributed by atoms with Gasteiger partial charge in [-0.15, -0.1) is 0 Å². The lowest BCUT2D eigenvalue weighted by molar-refractivity contribution is 0.0955. The van der Waals surface area contributed by atoms with Gasteiger partial charge in [-0.1, -0.05) is 52.5 Å². The summed E-state index contributed by atoms with van der Waals surface area (Å²) in [5.41, 5.74) is 4.15. The van der Waals surface area contributed by atoms with Crippen LogP contribution in [0.15, 0.2) is 59.7 Å². The number of hydrogen-bond acceptors (Lipinski definition) is 4. The molecule has 3 rings (SSSR count). The smallest absolute Gasteiger partial charge is 0.272 e. The maximum Gasteiger partial charge on any atom is 0.272 e. The van der Waals surface area contributed by atoms with Gasteiger partial charge in [0.1, 0.15) is 6.61 Å². The lowest BCUT2D eigenvalue weighted by Crippen LogP contribution is -2.18. The number of benzene rings is 3. The van der Waals surface area contributed by atoms with Crippen molar-refractivity contribution in [1.29, 1.82) is 0 Å². The number of carbonyl (C=O) groups is 1. The van der Waals surface area contributed by atoms with Gasteiger partial charge >= 0.3 is 0 Å². The fourth-order valence-electron chi connectivity index (χ4n) is 2.58. The van der Waals surface area contributed by atoms with Crippen molar-refractivity contribution in [2.75, 3.05) is 7.11 Å². The molecule has 0 aromatic heterocycles. The highest BCUT2D eigenvalue weighted by Gasteiger charge is 2.10. The van der Waals surface area contributed by atoms with Gasteiger partial charge in [-0.3, -0.25) is 4.79 Å². The van der Waals surface area contributed by atoms with Gasteiger partial charge in [0.05, 0.1) is 23.9 Å². The van der Waals surface area contributed by atoms with Crippen molar-refractivity contribution in [2.45, 2.75) is 6.61 Å². The molecule has 0 aliphatic heterocycles. The van der Waals surface area contributed by atoms with Crippen molar-refractivity contribution in [3.63, 3.8) is 0 Å². The number of nitrogens with one attached hydrogen (secondary N) is 1. The molecule has 0 bridgehead atoms. The average molecular weight is 498 g/mol. The standard InChI is InChI=1S/C22H16Cl4N2O3/c1-30-20-7-2-13(8-21(20)31-12-14-3-4-15(23)9-18(14)25)11-27-28-22(29)17-6-5-16(24)10-19(17)26/h2-11H,12H2,1H3,(H,28,29)/b27-11-. The van der Waals surface area contributed by atoms with E-state index in [4.69, 9.17) is 55.9 Å². The first-order valence-corrected chi connectivity index (χ1v) is 10.4. The highest BCUT2D eigenvalue weighted by Crippen LogP contribution is 2.30. The van der Waals surface area contributed by atoms with E-state index in [0.717, 1.165) is 5.56 Å². The minimum Gasteiger partial charge on any atom is -0.493 e. The summed E-state index contributed by atoms with van der Waals surface area (Å²) in [6.07, 6.45) is 1.48. The van der Waals surface area contributed by atoms with E-state index in [1.165, 1.54) is 18.3 Å². The molecular weight excluding hydrogens is 482 g/mol. The lowest BCUT2D eigenvalue weighted by atomic mass is 10.2. The molecule has 0 saturated heterocycles. The van der Waals surface area contributed by atoms with E-state index in [-0.39, 0.29) is 17.2 Å². The van der Waals surface area contributed by atoms with Crippen LogP contribution in [-0.4, -0.2) is 19.2 Å². The fraction of sp³-hybridized carbons (Fsp3) is 0.0909. The van der Waals surface area contributed by atoms with Crippen LogP contribution in [0, 0.1) is 0 Å². The van der Waals surface area contributed by atoms with Crippen molar-refractivity contribution in [3.8, 4) is 11.5 Å². The Morgan fingerprint density at radius 3 is 2.32 bits per heavy atom. The van der Waals surface area contributed by atoms with Gasteiger partial charge in [-0.05, 0) is 54.1 Å². The number of rotatable bonds is 7. The van der Waals surface area contributed by atoms with Crippen LogP contribution in [-0.2, 0) is 6.61 Å². The number of ether oxygens (including phenoxy) is 2. The van der Waals surface area contributed by atoms with Crippen molar-refractivity contribution < 1.29 is 14.3 Å². The van der Waals surface area contributed by atoms with Crippen LogP contribution < -0.4 is 14.9 Å². The third-order valence-corrected chi connectivity index (χ3v) is 5.28. The van der Waals surface area contributed by atoms with Crippen LogP contribution >= 0.6 is 46.4 Å². The summed E-state index contributed by atoms with van der Waals surface area (Å²) in [7, 11) is 1.54. The van der Waals surface area contributed by atoms with Crippen LogP contribution in [0.3, 0.4) is 0 Å². The summed E-state index contributed by atoms with van der Waals surface area (Å²) in [5, 5.41) is 5.70. The van der Waals surface area contributed by atoms with Crippen LogP contribution in [0.2, 0.25) is 20.1 Å². The quantitative estimate of drug-likeness (QED) is 0.293. The largest absolute Gasteiger partial charge is 0.493 e. The molecule has 0 heterocycles. The predicted octanol–water partition coefficient (Wildman–Crippen LogP) is 6.65. The first-order chi connectivity index (χ1) is 14.9. The second-order valence-corrected chi connectivity index (χ2v) is 7.95. The normalized spacial score (nSPS) is 10.9. The molecule has 3 aromatic carbocycles. The van der Waals surface area contributed by atoms with Gasteiger partial charge < -0.3 is 9.47 Å². The Balaban J connectivity index is 1.69. The summed E-state index contributed by atoms with van der Waals surface area (Å²) in [4.78, 5) is 12.2. The Labute approximate surface area is 199 Å². The highest BCUT2D eigenvalue weighted by atomic mass is 35.5. The van der Waals surface area contributed by atoms with E-state index in [0.29, 0.717) is 32.1 Å². The molecule has 0 fully saturated rings. The van der Waals surface area contributed by atoms with Gasteiger partial charge in [0.25, 0.3) is 5.91 Å². The van der Waals surface area contributed by atoms with Crippen LogP contribution in [0.4, 0.5) is 0 Å². The van der Waals surface area contributed by atoms with E-state index in [9.17, 15) is 4.79 Å². The monoisotopic (exact) mass is 496 g/mol. The molecule has 0 aliphatic rings. The number of carbonyl (C=O) groups excluding carboxylic acids is 1. The fourth-order valence-corrected chi connectivity index (χ4v) is 3.54. The molecule has 0 radical (unpaired) electrons. The predicted molar refractivity (Wildman–Crippen MR) is 125 cm³/mol. The molecule has 3 aromatic rings. The minimum absolute atomic E-state index is 0.221. The summed E-state index contributed by atoms with van der Waals surface area (Å²) in [5.74, 6) is 0.573. The van der Waals surface area contributed by atoms with Gasteiger partial charge in [0.15, 0.2) is 11.5 Å². The van der Waals surface area contributed by atoms with Crippen LogP contribution in [0.5, 0.6) is 11.5 Å². The Hall–Kier alpha value is -2.44. The summed E-state index contributed by atoms with van der Waals surface area (Å²) in [6, 6.07) is 15.0. The maximum absolute atomic E-state index is 12.2. The first kappa shape index (κ1) is 23.2. The number of amides is 1. The average Bonchev–Trinajstić information content (AvgIpc) is 2.73. The van der Waals surface area contributed by atoms with Gasteiger partial charge in [-0.25, -0.2) is 5.43 Å². The molecule has 0 saturated carbocycles. The molecule has 1 amide bonds. The van der Waals surface area contributed by atoms with Crippen LogP contribution in [0.1, 0.15) is 21.5 Å². The van der Waals surface area contributed by atoms with Crippen LogP contribution in [0.25, 0.3) is 0 Å². The van der Waals surface area contributed by atoms with Gasteiger partial charge in [-0.2, -0.15) is 5.10 Å². The maximum atomic E-state index is 12.2. The van der Waals surface area contributed by atoms with E-state index in [1.54, 1.807) is 49.6 Å². The SMILES string of the molecule is COc1ccc(/C=N\NC(=O)c2ccc(Cl)cc2Cl)cc1OCc1ccc(Cl)cc1Cl. The highest BCUT2D eigenvalue weighted by molar-refractivity contribution is 6.36. The minimum atomic E-state index is -0.458. The third kappa shape index (κ3) is 6.28. The summed E-state index contributed by atoms with van der Waals surface area (Å²) < 4.78 is 11.2. The molecule has 0 atom stereocenters. The number of nitrogens with zero attached hydrogens (tertiary/aromatic N) is 1. The summed E-state index contributed by atoms with van der Waals surface area (Å²) in [6.45, 7) is 0.221. The Morgan fingerprint density at radius 1 is 0.935 bits per heavy atom. The van der Waals surface area contributed by atoms with E-state index in [1.807, 2.05) is 0 Å². The summed E-state index contributed by atoms with van der Waals surface area (Å²) >= 11 is 24.0. The number of hydrogen-bond donors (Lipinski definition) is 1. The molecule has 31 heavy (non-hydrogen) atoms. The zero-order chi connectivity index (χ0) is 22.4. The molecular formula is C22H16Cl4N2O3. The van der Waals surface area contributed by atoms with Crippen molar-refractivity contribution in [2.24, 2.45) is 5.10 Å². The van der Waals surface area contributed by atoms with Crippen molar-refractivity contribution in [1.82, 2.24) is 5.43 Å². The van der Waals surface area contributed by atoms with E-state index < -0.39 is 5.91 Å². The second-order valence-electron chi connectivity index (χ2n) is 6.26. The van der Waals surface area contributed by atoms with Gasteiger partial charge in [0, 0.05) is 20.6 Å². The molecule has 9 heteroatoms. The zero-order valence-electron chi connectivity index (χ0n) is 16.2. The molecule has 0 aliphatic carbocycles. The number of halogens is 4. The Morgan fingerprint density at radius 2 is 1.65 bits per heavy atom. The second kappa shape index (κ2) is 10.7. The van der Waals surface area contributed by atoms with Crippen molar-refractivity contribution >= 4 is 58.5 Å².